The number of esters is 1. The second-order valence-electron chi connectivity index (χ2n) is 7.21. The topological polar surface area (TPSA) is 55.4 Å². The first-order valence-electron chi connectivity index (χ1n) is 8.63. The van der Waals surface area contributed by atoms with Crippen molar-refractivity contribution >= 4 is 28.7 Å². The van der Waals surface area contributed by atoms with E-state index in [1.807, 2.05) is 36.4 Å². The van der Waals surface area contributed by atoms with Gasteiger partial charge in [-0.05, 0) is 46.7 Å². The van der Waals surface area contributed by atoms with Gasteiger partial charge in [-0.3, -0.25) is 4.79 Å². The average molecular weight is 349 g/mol. The number of benzene rings is 2. The zero-order chi connectivity index (χ0) is 18.9. The maximum atomic E-state index is 11.7. The van der Waals surface area contributed by atoms with Crippen LogP contribution in [0, 0.1) is 5.41 Å². The van der Waals surface area contributed by atoms with Gasteiger partial charge in [0.2, 0.25) is 5.91 Å². The van der Waals surface area contributed by atoms with E-state index in [1.165, 1.54) is 25.2 Å². The Morgan fingerprint density at radius 2 is 1.69 bits per heavy atom. The Morgan fingerprint density at radius 1 is 1.04 bits per heavy atom. The Kier molecular flexibility index (Phi) is 4.68. The lowest BCUT2D eigenvalue weighted by Gasteiger charge is -2.42. The summed E-state index contributed by atoms with van der Waals surface area (Å²) in [6.45, 7) is 5.93. The summed E-state index contributed by atoms with van der Waals surface area (Å²) in [4.78, 5) is 23.2. The summed E-state index contributed by atoms with van der Waals surface area (Å²) in [5, 5.41) is 2.92. The molecule has 134 valence electrons. The van der Waals surface area contributed by atoms with Crippen LogP contribution in [-0.4, -0.2) is 19.0 Å². The van der Waals surface area contributed by atoms with Crippen molar-refractivity contribution < 1.29 is 14.3 Å². The van der Waals surface area contributed by atoms with Crippen LogP contribution in [-0.2, 0) is 9.53 Å². The number of hydrogen-bond donors (Lipinski definition) is 1. The molecular weight excluding hydrogens is 326 g/mol. The third-order valence-corrected chi connectivity index (χ3v) is 4.75. The van der Waals surface area contributed by atoms with Crippen LogP contribution in [0.3, 0.4) is 0 Å². The molecule has 0 heterocycles. The first kappa shape index (κ1) is 17.9. The van der Waals surface area contributed by atoms with E-state index in [-0.39, 0.29) is 17.3 Å². The van der Waals surface area contributed by atoms with E-state index in [0.717, 1.165) is 23.2 Å². The normalized spacial score (nSPS) is 15.2. The van der Waals surface area contributed by atoms with Crippen LogP contribution in [0.5, 0.6) is 0 Å². The zero-order valence-corrected chi connectivity index (χ0v) is 15.6. The van der Waals surface area contributed by atoms with Gasteiger partial charge in [-0.2, -0.15) is 0 Å². The number of anilines is 1. The molecule has 26 heavy (non-hydrogen) atoms. The van der Waals surface area contributed by atoms with Crippen LogP contribution in [0.25, 0.3) is 11.1 Å². The molecule has 1 amide bonds. The Hall–Kier alpha value is -2.88. The molecule has 0 aliphatic heterocycles. The number of ether oxygens (including phenoxy) is 1. The molecule has 0 aromatic heterocycles. The van der Waals surface area contributed by atoms with Gasteiger partial charge in [0.05, 0.1) is 12.7 Å². The van der Waals surface area contributed by atoms with Gasteiger partial charge in [0.25, 0.3) is 0 Å². The molecule has 0 spiro atoms. The van der Waals surface area contributed by atoms with Gasteiger partial charge in [-0.15, -0.1) is 0 Å². The van der Waals surface area contributed by atoms with Gasteiger partial charge >= 0.3 is 5.97 Å². The van der Waals surface area contributed by atoms with Gasteiger partial charge in [0, 0.05) is 18.2 Å². The fourth-order valence-corrected chi connectivity index (χ4v) is 3.65. The number of para-hydroxylation sites is 1. The lowest BCUT2D eigenvalue weighted by atomic mass is 9.62. The molecule has 2 aromatic rings. The van der Waals surface area contributed by atoms with E-state index in [2.05, 4.69) is 19.2 Å². The molecule has 2 aromatic carbocycles. The van der Waals surface area contributed by atoms with Crippen LogP contribution in [0.1, 0.15) is 48.7 Å². The Balaban J connectivity index is 2.07. The number of hydrogen-bond acceptors (Lipinski definition) is 3. The number of carbonyl (C=O) groups excluding carboxylic acids is 2. The van der Waals surface area contributed by atoms with Crippen molar-refractivity contribution in [3.63, 3.8) is 0 Å². The van der Waals surface area contributed by atoms with Crippen LogP contribution in [0.2, 0.25) is 0 Å². The molecule has 1 N–H and O–H groups in total. The summed E-state index contributed by atoms with van der Waals surface area (Å²) in [7, 11) is 1.38. The fraction of sp³-hybridized carbons (Fsp3) is 0.273. The SMILES string of the molecule is COC(=O)c1ccc(C2=C(c3ccccc3NC(C)=O)CC2(C)C)cc1. The third kappa shape index (κ3) is 3.27. The van der Waals surface area contributed by atoms with E-state index in [0.29, 0.717) is 5.56 Å². The highest BCUT2D eigenvalue weighted by Gasteiger charge is 2.38. The molecule has 0 saturated carbocycles. The number of rotatable bonds is 4. The Morgan fingerprint density at radius 3 is 2.27 bits per heavy atom. The van der Waals surface area contributed by atoms with Gasteiger partial charge in [-0.1, -0.05) is 44.2 Å². The number of methoxy groups -OCH3 is 1. The van der Waals surface area contributed by atoms with Gasteiger partial charge < -0.3 is 10.1 Å². The van der Waals surface area contributed by atoms with E-state index in [9.17, 15) is 9.59 Å². The minimum atomic E-state index is -0.338. The van der Waals surface area contributed by atoms with E-state index >= 15 is 0 Å². The van der Waals surface area contributed by atoms with Crippen molar-refractivity contribution in [3.8, 4) is 0 Å². The number of amides is 1. The molecule has 0 saturated heterocycles. The molecule has 0 unspecified atom stereocenters. The van der Waals surface area contributed by atoms with E-state index < -0.39 is 0 Å². The predicted molar refractivity (Wildman–Crippen MR) is 104 cm³/mol. The first-order chi connectivity index (χ1) is 12.3. The molecule has 3 rings (SSSR count). The van der Waals surface area contributed by atoms with Crippen LogP contribution < -0.4 is 5.32 Å². The van der Waals surface area contributed by atoms with Crippen molar-refractivity contribution in [2.75, 3.05) is 12.4 Å². The van der Waals surface area contributed by atoms with Crippen molar-refractivity contribution in [1.82, 2.24) is 0 Å². The standard InChI is InChI=1S/C22H23NO3/c1-14(24)23-19-8-6-5-7-17(19)18-13-22(2,3)20(18)15-9-11-16(12-10-15)21(25)26-4/h5-12H,13H2,1-4H3,(H,23,24). The predicted octanol–water partition coefficient (Wildman–Crippen LogP) is 4.77. The lowest BCUT2D eigenvalue weighted by molar-refractivity contribution is -0.114. The molecule has 1 aliphatic carbocycles. The van der Waals surface area contributed by atoms with Crippen LogP contribution in [0.15, 0.2) is 48.5 Å². The molecule has 0 radical (unpaired) electrons. The monoisotopic (exact) mass is 349 g/mol. The summed E-state index contributed by atoms with van der Waals surface area (Å²) in [6, 6.07) is 15.4. The fourth-order valence-electron chi connectivity index (χ4n) is 3.65. The maximum Gasteiger partial charge on any atom is 0.337 e. The first-order valence-corrected chi connectivity index (χ1v) is 8.63. The van der Waals surface area contributed by atoms with Gasteiger partial charge in [0.1, 0.15) is 0 Å². The molecular formula is C22H23NO3. The van der Waals surface area contributed by atoms with Crippen molar-refractivity contribution in [3.05, 3.63) is 65.2 Å². The smallest absolute Gasteiger partial charge is 0.337 e. The minimum absolute atomic E-state index is 0.0332. The number of carbonyl (C=O) groups is 2. The van der Waals surface area contributed by atoms with Crippen molar-refractivity contribution in [2.24, 2.45) is 5.41 Å². The van der Waals surface area contributed by atoms with E-state index in [1.54, 1.807) is 12.1 Å². The van der Waals surface area contributed by atoms with Crippen molar-refractivity contribution in [2.45, 2.75) is 27.2 Å². The Bertz CT molecular complexity index is 892. The summed E-state index contributed by atoms with van der Waals surface area (Å²) < 4.78 is 4.77. The summed E-state index contributed by atoms with van der Waals surface area (Å²) >= 11 is 0. The molecule has 0 atom stereocenters. The van der Waals surface area contributed by atoms with E-state index in [4.69, 9.17) is 4.74 Å². The minimum Gasteiger partial charge on any atom is -0.465 e. The van der Waals surface area contributed by atoms with Crippen LogP contribution >= 0.6 is 0 Å². The maximum absolute atomic E-state index is 11.7. The molecule has 0 fully saturated rings. The highest BCUT2D eigenvalue weighted by atomic mass is 16.5. The van der Waals surface area contributed by atoms with Gasteiger partial charge in [0.15, 0.2) is 0 Å². The zero-order valence-electron chi connectivity index (χ0n) is 15.6. The number of allylic oxidation sites excluding steroid dienone is 2. The Labute approximate surface area is 153 Å². The molecule has 4 heteroatoms. The third-order valence-electron chi connectivity index (χ3n) is 4.75. The quantitative estimate of drug-likeness (QED) is 0.809. The summed E-state index contributed by atoms with van der Waals surface area (Å²) in [6.07, 6.45) is 0.928. The molecule has 4 nitrogen and oxygen atoms in total. The highest BCUT2D eigenvalue weighted by molar-refractivity contribution is 6.04. The largest absolute Gasteiger partial charge is 0.465 e. The molecule has 0 bridgehead atoms. The lowest BCUT2D eigenvalue weighted by Crippen LogP contribution is -2.26. The van der Waals surface area contributed by atoms with Gasteiger partial charge in [-0.25, -0.2) is 4.79 Å². The van der Waals surface area contributed by atoms with Crippen LogP contribution in [0.4, 0.5) is 5.69 Å². The number of nitrogens with one attached hydrogen (secondary N) is 1. The second kappa shape index (κ2) is 6.79. The summed E-state index contributed by atoms with van der Waals surface area (Å²) in [5.41, 5.74) is 6.00. The average Bonchev–Trinajstić information content (AvgIpc) is 2.60. The highest BCUT2D eigenvalue weighted by Crippen LogP contribution is 2.56. The second-order valence-corrected chi connectivity index (χ2v) is 7.21. The summed E-state index contributed by atoms with van der Waals surface area (Å²) in [5.74, 6) is -0.421. The molecule has 1 aliphatic rings. The van der Waals surface area contributed by atoms with Crippen molar-refractivity contribution in [1.29, 1.82) is 0 Å².